The van der Waals surface area contributed by atoms with Gasteiger partial charge in [-0.2, -0.15) is 0 Å². The van der Waals surface area contributed by atoms with Crippen LogP contribution in [0, 0.1) is 0 Å². The second kappa shape index (κ2) is 7.42. The summed E-state index contributed by atoms with van der Waals surface area (Å²) in [7, 11) is 0. The van der Waals surface area contributed by atoms with Crippen LogP contribution in [0.1, 0.15) is 0 Å². The molecule has 0 saturated heterocycles. The number of para-hydroxylation sites is 1. The number of aliphatic hydroxyl groups excluding tert-OH is 1. The first-order valence-electron chi connectivity index (χ1n) is 7.27. The lowest BCUT2D eigenvalue weighted by molar-refractivity contribution is 0.0888. The smallest absolute Gasteiger partial charge is 0.127 e. The lowest BCUT2D eigenvalue weighted by Gasteiger charge is -2.12. The highest BCUT2D eigenvalue weighted by atomic mass is 16.5. The van der Waals surface area contributed by atoms with Gasteiger partial charge in [0, 0.05) is 6.20 Å². The van der Waals surface area contributed by atoms with Crippen molar-refractivity contribution in [3.63, 3.8) is 0 Å². The van der Waals surface area contributed by atoms with E-state index < -0.39 is 6.10 Å². The molecule has 0 radical (unpaired) electrons. The summed E-state index contributed by atoms with van der Waals surface area (Å²) in [6.07, 6.45) is 2.61. The first-order chi connectivity index (χ1) is 11.3. The van der Waals surface area contributed by atoms with Crippen LogP contribution >= 0.6 is 0 Å². The van der Waals surface area contributed by atoms with Gasteiger partial charge in [0.15, 0.2) is 0 Å². The molecule has 0 saturated carbocycles. The Hall–Kier alpha value is -2.86. The summed E-state index contributed by atoms with van der Waals surface area (Å²) in [6.45, 7) is 0.522. The standard InChI is InChI=1S/C17H17N3O3/c21-14(12-20-11-10-18-19-20)13-22-15-6-8-17(9-7-15)23-16-4-2-1-3-5-16/h1-11,14,21H,12-13H2/t14-/m1/s1. The Kier molecular flexibility index (Phi) is 4.85. The van der Waals surface area contributed by atoms with E-state index in [0.717, 1.165) is 11.5 Å². The number of aromatic nitrogens is 3. The van der Waals surface area contributed by atoms with E-state index in [9.17, 15) is 5.11 Å². The summed E-state index contributed by atoms with van der Waals surface area (Å²) in [5, 5.41) is 17.4. The van der Waals surface area contributed by atoms with Gasteiger partial charge in [0.2, 0.25) is 0 Å². The Balaban J connectivity index is 1.49. The average molecular weight is 311 g/mol. The summed E-state index contributed by atoms with van der Waals surface area (Å²) >= 11 is 0. The SMILES string of the molecule is O[C@@H](COc1ccc(Oc2ccccc2)cc1)Cn1ccnn1. The molecule has 0 amide bonds. The summed E-state index contributed by atoms with van der Waals surface area (Å²) in [4.78, 5) is 0. The fourth-order valence-electron chi connectivity index (χ4n) is 2.02. The molecule has 1 aromatic heterocycles. The fraction of sp³-hybridized carbons (Fsp3) is 0.176. The lowest BCUT2D eigenvalue weighted by atomic mass is 10.3. The van der Waals surface area contributed by atoms with E-state index >= 15 is 0 Å². The normalized spacial score (nSPS) is 11.9. The number of aliphatic hydroxyl groups is 1. The van der Waals surface area contributed by atoms with Gasteiger partial charge in [-0.3, -0.25) is 0 Å². The van der Waals surface area contributed by atoms with Gasteiger partial charge < -0.3 is 14.6 Å². The Labute approximate surface area is 133 Å². The van der Waals surface area contributed by atoms with E-state index in [2.05, 4.69) is 10.3 Å². The van der Waals surface area contributed by atoms with Crippen molar-refractivity contribution in [1.29, 1.82) is 0 Å². The average Bonchev–Trinajstić information content (AvgIpc) is 3.08. The van der Waals surface area contributed by atoms with Crippen LogP contribution in [-0.4, -0.2) is 32.8 Å². The molecule has 0 aliphatic heterocycles. The lowest BCUT2D eigenvalue weighted by Crippen LogP contribution is -2.23. The van der Waals surface area contributed by atoms with Gasteiger partial charge in [-0.15, -0.1) is 5.10 Å². The fourth-order valence-corrected chi connectivity index (χ4v) is 2.02. The molecule has 0 aliphatic carbocycles. The van der Waals surface area contributed by atoms with Crippen LogP contribution in [0.15, 0.2) is 67.0 Å². The molecule has 0 bridgehead atoms. The molecule has 6 heteroatoms. The van der Waals surface area contributed by atoms with Gasteiger partial charge in [0.25, 0.3) is 0 Å². The number of rotatable bonds is 7. The molecule has 0 unspecified atom stereocenters. The maximum absolute atomic E-state index is 9.89. The van der Waals surface area contributed by atoms with Crippen molar-refractivity contribution in [2.75, 3.05) is 6.61 Å². The van der Waals surface area contributed by atoms with E-state index in [1.54, 1.807) is 29.2 Å². The summed E-state index contributed by atoms with van der Waals surface area (Å²) in [5.74, 6) is 2.18. The summed E-state index contributed by atoms with van der Waals surface area (Å²) in [5.41, 5.74) is 0. The number of nitrogens with zero attached hydrogens (tertiary/aromatic N) is 3. The van der Waals surface area contributed by atoms with Crippen molar-refractivity contribution in [1.82, 2.24) is 15.0 Å². The molecule has 6 nitrogen and oxygen atoms in total. The Morgan fingerprint density at radius 2 is 1.65 bits per heavy atom. The highest BCUT2D eigenvalue weighted by Crippen LogP contribution is 2.23. The molecular weight excluding hydrogens is 294 g/mol. The van der Waals surface area contributed by atoms with Crippen LogP contribution in [0.2, 0.25) is 0 Å². The van der Waals surface area contributed by atoms with E-state index in [4.69, 9.17) is 9.47 Å². The van der Waals surface area contributed by atoms with Crippen molar-refractivity contribution in [3.05, 3.63) is 67.0 Å². The molecule has 1 heterocycles. The van der Waals surface area contributed by atoms with Crippen LogP contribution in [0.25, 0.3) is 0 Å². The van der Waals surface area contributed by atoms with Crippen molar-refractivity contribution in [3.8, 4) is 17.2 Å². The molecule has 1 atom stereocenters. The molecule has 2 aromatic carbocycles. The van der Waals surface area contributed by atoms with Gasteiger partial charge >= 0.3 is 0 Å². The molecule has 1 N–H and O–H groups in total. The third kappa shape index (κ3) is 4.55. The Morgan fingerprint density at radius 3 is 2.35 bits per heavy atom. The topological polar surface area (TPSA) is 69.4 Å². The number of ether oxygens (including phenoxy) is 2. The minimum atomic E-state index is -0.656. The monoisotopic (exact) mass is 311 g/mol. The zero-order chi connectivity index (χ0) is 15.9. The van der Waals surface area contributed by atoms with Crippen molar-refractivity contribution >= 4 is 0 Å². The first-order valence-corrected chi connectivity index (χ1v) is 7.27. The number of hydrogen-bond donors (Lipinski definition) is 1. The number of benzene rings is 2. The molecule has 0 spiro atoms. The largest absolute Gasteiger partial charge is 0.491 e. The van der Waals surface area contributed by atoms with Gasteiger partial charge in [-0.25, -0.2) is 4.68 Å². The van der Waals surface area contributed by atoms with Crippen LogP contribution < -0.4 is 9.47 Å². The predicted molar refractivity (Wildman–Crippen MR) is 84.5 cm³/mol. The quantitative estimate of drug-likeness (QED) is 0.726. The molecule has 118 valence electrons. The molecule has 3 aromatic rings. The third-order valence-corrected chi connectivity index (χ3v) is 3.11. The van der Waals surface area contributed by atoms with Crippen LogP contribution in [0.3, 0.4) is 0 Å². The van der Waals surface area contributed by atoms with E-state index in [1.807, 2.05) is 42.5 Å². The Morgan fingerprint density at radius 1 is 0.957 bits per heavy atom. The van der Waals surface area contributed by atoms with Crippen LogP contribution in [0.4, 0.5) is 0 Å². The van der Waals surface area contributed by atoms with E-state index in [1.165, 1.54) is 0 Å². The minimum Gasteiger partial charge on any atom is -0.491 e. The van der Waals surface area contributed by atoms with Crippen molar-refractivity contribution in [2.24, 2.45) is 0 Å². The van der Waals surface area contributed by atoms with Gasteiger partial charge in [0.1, 0.15) is 30.0 Å². The maximum Gasteiger partial charge on any atom is 0.127 e. The first kappa shape index (κ1) is 15.1. The predicted octanol–water partition coefficient (Wildman–Crippen LogP) is 2.51. The number of hydrogen-bond acceptors (Lipinski definition) is 5. The zero-order valence-corrected chi connectivity index (χ0v) is 12.4. The minimum absolute atomic E-state index is 0.179. The maximum atomic E-state index is 9.89. The molecule has 3 rings (SSSR count). The highest BCUT2D eigenvalue weighted by Gasteiger charge is 2.07. The van der Waals surface area contributed by atoms with Crippen LogP contribution in [-0.2, 0) is 6.54 Å². The highest BCUT2D eigenvalue weighted by molar-refractivity contribution is 5.35. The van der Waals surface area contributed by atoms with E-state index in [0.29, 0.717) is 12.3 Å². The second-order valence-electron chi connectivity index (χ2n) is 4.98. The van der Waals surface area contributed by atoms with Gasteiger partial charge in [-0.05, 0) is 36.4 Å². The van der Waals surface area contributed by atoms with Gasteiger partial charge in [-0.1, -0.05) is 23.4 Å². The van der Waals surface area contributed by atoms with Crippen molar-refractivity contribution < 1.29 is 14.6 Å². The Bertz CT molecular complexity index is 700. The zero-order valence-electron chi connectivity index (χ0n) is 12.4. The summed E-state index contributed by atoms with van der Waals surface area (Å²) < 4.78 is 12.8. The van der Waals surface area contributed by atoms with Crippen LogP contribution in [0.5, 0.6) is 17.2 Å². The molecular formula is C17H17N3O3. The molecule has 0 aliphatic rings. The second-order valence-corrected chi connectivity index (χ2v) is 4.98. The molecule has 0 fully saturated rings. The van der Waals surface area contributed by atoms with Gasteiger partial charge in [0.05, 0.1) is 12.7 Å². The van der Waals surface area contributed by atoms with Crippen molar-refractivity contribution in [2.45, 2.75) is 12.6 Å². The third-order valence-electron chi connectivity index (χ3n) is 3.11. The van der Waals surface area contributed by atoms with E-state index in [-0.39, 0.29) is 6.61 Å². The summed E-state index contributed by atoms with van der Waals surface area (Å²) in [6, 6.07) is 16.8. The molecule has 23 heavy (non-hydrogen) atoms.